The molecule has 1 aliphatic carbocycles. The van der Waals surface area contributed by atoms with Gasteiger partial charge >= 0.3 is 0 Å². The summed E-state index contributed by atoms with van der Waals surface area (Å²) in [5.74, 6) is 1.71. The summed E-state index contributed by atoms with van der Waals surface area (Å²) in [6.45, 7) is 6.57. The second-order valence-corrected chi connectivity index (χ2v) is 6.83. The van der Waals surface area contributed by atoms with Crippen molar-refractivity contribution in [3.05, 3.63) is 34.6 Å². The molecule has 2 atom stereocenters. The lowest BCUT2D eigenvalue weighted by molar-refractivity contribution is 0.354. The Labute approximate surface area is 126 Å². The molecule has 0 saturated heterocycles. The molecule has 1 saturated carbocycles. The summed E-state index contributed by atoms with van der Waals surface area (Å²) in [7, 11) is 0. The van der Waals surface area contributed by atoms with Gasteiger partial charge in [0.05, 0.1) is 5.02 Å². The van der Waals surface area contributed by atoms with Gasteiger partial charge < -0.3 is 5.32 Å². The maximum atomic E-state index is 14.0. The van der Waals surface area contributed by atoms with Crippen molar-refractivity contribution in [1.29, 1.82) is 0 Å². The molecule has 1 nitrogen and oxygen atoms in total. The minimum absolute atomic E-state index is 0.227. The van der Waals surface area contributed by atoms with Crippen molar-refractivity contribution in [2.75, 3.05) is 13.1 Å². The van der Waals surface area contributed by atoms with Crippen molar-refractivity contribution < 1.29 is 4.39 Å². The van der Waals surface area contributed by atoms with E-state index in [1.165, 1.54) is 19.3 Å². The molecule has 1 N–H and O–H groups in total. The normalized spacial score (nSPS) is 22.6. The Hall–Kier alpha value is -0.600. The van der Waals surface area contributed by atoms with E-state index in [1.54, 1.807) is 6.07 Å². The van der Waals surface area contributed by atoms with Crippen molar-refractivity contribution >= 4 is 11.6 Å². The Morgan fingerprint density at radius 2 is 2.05 bits per heavy atom. The van der Waals surface area contributed by atoms with Gasteiger partial charge in [0, 0.05) is 0 Å². The highest BCUT2D eigenvalue weighted by atomic mass is 35.5. The Morgan fingerprint density at radius 1 is 1.30 bits per heavy atom. The van der Waals surface area contributed by atoms with Gasteiger partial charge in [-0.1, -0.05) is 44.0 Å². The van der Waals surface area contributed by atoms with Gasteiger partial charge in [0.25, 0.3) is 0 Å². The highest BCUT2D eigenvalue weighted by Crippen LogP contribution is 2.35. The molecule has 0 heterocycles. The largest absolute Gasteiger partial charge is 0.316 e. The van der Waals surface area contributed by atoms with Gasteiger partial charge in [-0.25, -0.2) is 4.39 Å². The van der Waals surface area contributed by atoms with Gasteiger partial charge in [0.1, 0.15) is 5.82 Å². The first-order valence-corrected chi connectivity index (χ1v) is 8.09. The summed E-state index contributed by atoms with van der Waals surface area (Å²) in [5, 5.41) is 3.79. The Morgan fingerprint density at radius 3 is 2.80 bits per heavy atom. The number of benzene rings is 1. The van der Waals surface area contributed by atoms with Crippen molar-refractivity contribution in [2.45, 2.75) is 39.5 Å². The minimum Gasteiger partial charge on any atom is -0.316 e. The zero-order valence-corrected chi connectivity index (χ0v) is 13.2. The van der Waals surface area contributed by atoms with Crippen molar-refractivity contribution in [3.63, 3.8) is 0 Å². The maximum absolute atomic E-state index is 14.0. The van der Waals surface area contributed by atoms with E-state index < -0.39 is 0 Å². The average molecular weight is 298 g/mol. The maximum Gasteiger partial charge on any atom is 0.144 e. The summed E-state index contributed by atoms with van der Waals surface area (Å²) in [6, 6.07) is 5.34. The van der Waals surface area contributed by atoms with E-state index in [9.17, 15) is 4.39 Å². The quantitative estimate of drug-likeness (QED) is 0.803. The van der Waals surface area contributed by atoms with Gasteiger partial charge in [-0.3, -0.25) is 0 Å². The molecule has 2 unspecified atom stereocenters. The van der Waals surface area contributed by atoms with Gasteiger partial charge in [0.15, 0.2) is 0 Å². The Kier molecular flexibility index (Phi) is 5.86. The number of hydrogen-bond acceptors (Lipinski definition) is 1. The molecule has 3 heteroatoms. The molecule has 0 amide bonds. The number of nitrogens with one attached hydrogen (secondary N) is 1. The highest BCUT2D eigenvalue weighted by molar-refractivity contribution is 6.30. The van der Waals surface area contributed by atoms with Crippen LogP contribution in [0, 0.1) is 23.6 Å². The van der Waals surface area contributed by atoms with Crippen molar-refractivity contribution in [3.8, 4) is 0 Å². The lowest BCUT2D eigenvalue weighted by Gasteiger charge is -2.21. The fourth-order valence-electron chi connectivity index (χ4n) is 3.20. The van der Waals surface area contributed by atoms with Gasteiger partial charge in [0.2, 0.25) is 0 Å². The predicted molar refractivity (Wildman–Crippen MR) is 83.7 cm³/mol. The van der Waals surface area contributed by atoms with E-state index in [2.05, 4.69) is 19.2 Å². The molecule has 0 bridgehead atoms. The van der Waals surface area contributed by atoms with Crippen molar-refractivity contribution in [2.24, 2.45) is 17.8 Å². The third-order valence-corrected chi connectivity index (χ3v) is 4.58. The molecule has 112 valence electrons. The second kappa shape index (κ2) is 7.42. The van der Waals surface area contributed by atoms with Crippen LogP contribution in [0.4, 0.5) is 4.39 Å². The van der Waals surface area contributed by atoms with Gasteiger partial charge in [-0.15, -0.1) is 0 Å². The topological polar surface area (TPSA) is 12.0 Å². The van der Waals surface area contributed by atoms with Crippen LogP contribution in [0.2, 0.25) is 5.02 Å². The lowest BCUT2D eigenvalue weighted by atomic mass is 9.89. The van der Waals surface area contributed by atoms with E-state index in [0.717, 1.165) is 25.1 Å². The molecule has 1 aromatic rings. The van der Waals surface area contributed by atoms with Crippen LogP contribution in [0.5, 0.6) is 0 Å². The van der Waals surface area contributed by atoms with E-state index in [1.807, 2.05) is 12.1 Å². The van der Waals surface area contributed by atoms with Crippen LogP contribution in [0.25, 0.3) is 0 Å². The molecule has 0 radical (unpaired) electrons. The molecule has 0 aromatic heterocycles. The van der Waals surface area contributed by atoms with Crippen LogP contribution in [-0.4, -0.2) is 13.1 Å². The second-order valence-electron chi connectivity index (χ2n) is 6.42. The fourth-order valence-corrected chi connectivity index (χ4v) is 3.39. The highest BCUT2D eigenvalue weighted by Gasteiger charge is 2.27. The molecular weight excluding hydrogens is 273 g/mol. The van der Waals surface area contributed by atoms with E-state index in [0.29, 0.717) is 17.8 Å². The lowest BCUT2D eigenvalue weighted by Crippen LogP contribution is -2.29. The fraction of sp³-hybridized carbons (Fsp3) is 0.647. The minimum atomic E-state index is -0.227. The van der Waals surface area contributed by atoms with Crippen LogP contribution in [0.3, 0.4) is 0 Å². The molecule has 1 aliphatic rings. The zero-order valence-electron chi connectivity index (χ0n) is 12.5. The first-order valence-electron chi connectivity index (χ1n) is 7.71. The number of halogens is 2. The van der Waals surface area contributed by atoms with E-state index in [4.69, 9.17) is 11.6 Å². The smallest absolute Gasteiger partial charge is 0.144 e. The molecule has 1 fully saturated rings. The molecule has 1 aromatic carbocycles. The number of hydrogen-bond donors (Lipinski definition) is 1. The number of rotatable bonds is 6. The van der Waals surface area contributed by atoms with Crippen LogP contribution in [0.15, 0.2) is 18.2 Å². The van der Waals surface area contributed by atoms with Crippen LogP contribution in [-0.2, 0) is 6.42 Å². The molecule has 0 spiro atoms. The SMILES string of the molecule is CC(C)CNCC1CCCC1Cc1cccc(Cl)c1F. The summed E-state index contributed by atoms with van der Waals surface area (Å²) in [4.78, 5) is 0. The van der Waals surface area contributed by atoms with Gasteiger partial charge in [-0.05, 0) is 61.7 Å². The first-order chi connectivity index (χ1) is 9.58. The summed E-state index contributed by atoms with van der Waals surface area (Å²) in [6.07, 6.45) is 4.55. The standard InChI is InChI=1S/C17H25ClFN/c1-12(2)10-20-11-15-7-3-5-13(15)9-14-6-4-8-16(18)17(14)19/h4,6,8,12-13,15,20H,3,5,7,9-11H2,1-2H3. The third kappa shape index (κ3) is 4.20. The van der Waals surface area contributed by atoms with Crippen LogP contribution < -0.4 is 5.32 Å². The average Bonchev–Trinajstić information content (AvgIpc) is 2.82. The van der Waals surface area contributed by atoms with Crippen LogP contribution >= 0.6 is 11.6 Å². The first kappa shape index (κ1) is 15.8. The Bertz CT molecular complexity index is 433. The molecule has 0 aliphatic heterocycles. The predicted octanol–water partition coefficient (Wildman–Crippen LogP) is 4.68. The Balaban J connectivity index is 1.92. The molecule has 20 heavy (non-hydrogen) atoms. The van der Waals surface area contributed by atoms with E-state index >= 15 is 0 Å². The summed E-state index contributed by atoms with van der Waals surface area (Å²) in [5.41, 5.74) is 0.776. The third-order valence-electron chi connectivity index (χ3n) is 4.29. The monoisotopic (exact) mass is 297 g/mol. The molecular formula is C17H25ClFN. The van der Waals surface area contributed by atoms with Crippen LogP contribution in [0.1, 0.15) is 38.7 Å². The molecule has 2 rings (SSSR count). The summed E-state index contributed by atoms with van der Waals surface area (Å²) < 4.78 is 14.0. The van der Waals surface area contributed by atoms with E-state index in [-0.39, 0.29) is 10.8 Å². The van der Waals surface area contributed by atoms with Gasteiger partial charge in [-0.2, -0.15) is 0 Å². The zero-order chi connectivity index (χ0) is 14.5. The summed E-state index contributed by atoms with van der Waals surface area (Å²) >= 11 is 5.87. The van der Waals surface area contributed by atoms with Crippen molar-refractivity contribution in [1.82, 2.24) is 5.32 Å².